The van der Waals surface area contributed by atoms with E-state index in [-0.39, 0.29) is 18.0 Å². The van der Waals surface area contributed by atoms with Crippen molar-refractivity contribution in [2.24, 2.45) is 0 Å². The van der Waals surface area contributed by atoms with Gasteiger partial charge in [0.1, 0.15) is 5.75 Å². The third-order valence-electron chi connectivity index (χ3n) is 2.30. The summed E-state index contributed by atoms with van der Waals surface area (Å²) in [6, 6.07) is 6.57. The second kappa shape index (κ2) is 7.52. The first-order chi connectivity index (χ1) is 9.81. The molecule has 6 nitrogen and oxygen atoms in total. The fourth-order valence-corrected chi connectivity index (χ4v) is 1.50. The zero-order valence-corrected chi connectivity index (χ0v) is 12.7. The van der Waals surface area contributed by atoms with E-state index in [0.29, 0.717) is 5.69 Å². The Kier molecular flexibility index (Phi) is 6.02. The number of carbonyl (C=O) groups excluding carboxylic acids is 2. The van der Waals surface area contributed by atoms with Crippen LogP contribution in [0.15, 0.2) is 24.3 Å². The molecule has 0 aromatic heterocycles. The highest BCUT2D eigenvalue weighted by atomic mass is 16.6. The minimum absolute atomic E-state index is 0.226. The van der Waals surface area contributed by atoms with Crippen LogP contribution in [0, 0.1) is 0 Å². The monoisotopic (exact) mass is 295 g/mol. The topological polar surface area (TPSA) is 87.9 Å². The average Bonchev–Trinajstić information content (AvgIpc) is 2.35. The number of hydrogen-bond acceptors (Lipinski definition) is 6. The molecule has 0 atom stereocenters. The highest BCUT2D eigenvalue weighted by molar-refractivity contribution is 5.98. The number of esters is 2. The summed E-state index contributed by atoms with van der Waals surface area (Å²) in [5.74, 6) is -1.39. The molecule has 0 spiro atoms. The number of ether oxygens (including phenoxy) is 3. The van der Waals surface area contributed by atoms with E-state index >= 15 is 0 Å². The van der Waals surface area contributed by atoms with Gasteiger partial charge in [-0.1, -0.05) is 12.1 Å². The lowest BCUT2D eigenvalue weighted by Gasteiger charge is -2.20. The summed E-state index contributed by atoms with van der Waals surface area (Å²) in [7, 11) is 0. The molecule has 0 heterocycles. The van der Waals surface area contributed by atoms with Crippen LogP contribution in [-0.2, 0) is 19.1 Å². The Morgan fingerprint density at radius 1 is 0.952 bits per heavy atom. The van der Waals surface area contributed by atoms with E-state index in [1.165, 1.54) is 0 Å². The van der Waals surface area contributed by atoms with Gasteiger partial charge in [0.2, 0.25) is 0 Å². The Labute approximate surface area is 124 Å². The van der Waals surface area contributed by atoms with Gasteiger partial charge in [0.05, 0.1) is 17.9 Å². The SMILES string of the molecule is CC(C)OC(=O)C(Oc1ccccc1N)C(=O)OC(C)C. The van der Waals surface area contributed by atoms with Crippen molar-refractivity contribution in [3.63, 3.8) is 0 Å². The fraction of sp³-hybridized carbons (Fsp3) is 0.467. The first-order valence-corrected chi connectivity index (χ1v) is 6.73. The molecule has 6 heteroatoms. The molecular weight excluding hydrogens is 274 g/mol. The number of para-hydroxylation sites is 2. The van der Waals surface area contributed by atoms with Gasteiger partial charge in [-0.25, -0.2) is 9.59 Å². The Bertz CT molecular complexity index is 477. The van der Waals surface area contributed by atoms with Gasteiger partial charge in [-0.15, -0.1) is 0 Å². The molecule has 0 aliphatic rings. The van der Waals surface area contributed by atoms with Gasteiger partial charge >= 0.3 is 11.9 Å². The standard InChI is InChI=1S/C15H21NO5/c1-9(2)19-14(17)13(15(18)20-10(3)4)21-12-8-6-5-7-11(12)16/h5-10,13H,16H2,1-4H3. The first kappa shape index (κ1) is 16.8. The summed E-state index contributed by atoms with van der Waals surface area (Å²) in [5.41, 5.74) is 6.06. The van der Waals surface area contributed by atoms with Crippen LogP contribution in [0.3, 0.4) is 0 Å². The normalized spacial score (nSPS) is 10.8. The van der Waals surface area contributed by atoms with Crippen molar-refractivity contribution in [3.05, 3.63) is 24.3 Å². The Hall–Kier alpha value is -2.24. The predicted molar refractivity (Wildman–Crippen MR) is 77.7 cm³/mol. The van der Waals surface area contributed by atoms with E-state index in [4.69, 9.17) is 19.9 Å². The van der Waals surface area contributed by atoms with E-state index in [0.717, 1.165) is 0 Å². The molecule has 116 valence electrons. The molecule has 1 rings (SSSR count). The summed E-state index contributed by atoms with van der Waals surface area (Å²) in [4.78, 5) is 24.0. The van der Waals surface area contributed by atoms with Crippen LogP contribution in [0.5, 0.6) is 5.75 Å². The quantitative estimate of drug-likeness (QED) is 0.490. The molecule has 0 bridgehead atoms. The lowest BCUT2D eigenvalue weighted by molar-refractivity contribution is -0.170. The van der Waals surface area contributed by atoms with Crippen molar-refractivity contribution in [2.75, 3.05) is 5.73 Å². The number of benzene rings is 1. The second-order valence-electron chi connectivity index (χ2n) is 5.01. The molecule has 1 aromatic carbocycles. The molecule has 1 aromatic rings. The zero-order chi connectivity index (χ0) is 16.0. The summed E-state index contributed by atoms with van der Waals surface area (Å²) in [5, 5.41) is 0. The maximum absolute atomic E-state index is 12.0. The molecule has 0 saturated carbocycles. The molecule has 0 amide bonds. The molecular formula is C15H21NO5. The lowest BCUT2D eigenvalue weighted by atomic mass is 10.3. The van der Waals surface area contributed by atoms with Gasteiger partial charge in [-0.2, -0.15) is 0 Å². The van der Waals surface area contributed by atoms with Gasteiger partial charge < -0.3 is 19.9 Å². The van der Waals surface area contributed by atoms with Crippen LogP contribution in [0.2, 0.25) is 0 Å². The average molecular weight is 295 g/mol. The van der Waals surface area contributed by atoms with Gasteiger partial charge in [0, 0.05) is 0 Å². The van der Waals surface area contributed by atoms with Gasteiger partial charge in [0.25, 0.3) is 6.10 Å². The number of carbonyl (C=O) groups is 2. The molecule has 21 heavy (non-hydrogen) atoms. The summed E-state index contributed by atoms with van der Waals surface area (Å²) in [6.07, 6.45) is -2.24. The van der Waals surface area contributed by atoms with Crippen LogP contribution >= 0.6 is 0 Å². The van der Waals surface area contributed by atoms with E-state index < -0.39 is 18.0 Å². The van der Waals surface area contributed by atoms with Crippen LogP contribution in [-0.4, -0.2) is 30.3 Å². The van der Waals surface area contributed by atoms with E-state index in [9.17, 15) is 9.59 Å². The largest absolute Gasteiger partial charge is 0.465 e. The minimum atomic E-state index is -1.50. The molecule has 0 radical (unpaired) electrons. The van der Waals surface area contributed by atoms with Crippen molar-refractivity contribution < 1.29 is 23.8 Å². The van der Waals surface area contributed by atoms with E-state index in [1.807, 2.05) is 0 Å². The maximum Gasteiger partial charge on any atom is 0.359 e. The van der Waals surface area contributed by atoms with Crippen LogP contribution < -0.4 is 10.5 Å². The highest BCUT2D eigenvalue weighted by Gasteiger charge is 2.33. The Balaban J connectivity index is 2.93. The molecule has 0 aliphatic carbocycles. The number of nitrogens with two attached hydrogens (primary N) is 1. The summed E-state index contributed by atoms with van der Waals surface area (Å²) >= 11 is 0. The summed E-state index contributed by atoms with van der Waals surface area (Å²) < 4.78 is 15.4. The van der Waals surface area contributed by atoms with Crippen molar-refractivity contribution in [1.29, 1.82) is 0 Å². The Morgan fingerprint density at radius 3 is 1.86 bits per heavy atom. The third-order valence-corrected chi connectivity index (χ3v) is 2.30. The van der Waals surface area contributed by atoms with Crippen LogP contribution in [0.4, 0.5) is 5.69 Å². The van der Waals surface area contributed by atoms with Gasteiger partial charge in [0.15, 0.2) is 0 Å². The molecule has 0 unspecified atom stereocenters. The van der Waals surface area contributed by atoms with Gasteiger partial charge in [-0.05, 0) is 39.8 Å². The fourth-order valence-electron chi connectivity index (χ4n) is 1.50. The second-order valence-corrected chi connectivity index (χ2v) is 5.01. The number of hydrogen-bond donors (Lipinski definition) is 1. The molecule has 0 aliphatic heterocycles. The first-order valence-electron chi connectivity index (χ1n) is 6.73. The van der Waals surface area contributed by atoms with Gasteiger partial charge in [-0.3, -0.25) is 0 Å². The van der Waals surface area contributed by atoms with E-state index in [1.54, 1.807) is 52.0 Å². The van der Waals surface area contributed by atoms with Crippen molar-refractivity contribution >= 4 is 17.6 Å². The third kappa shape index (κ3) is 5.33. The van der Waals surface area contributed by atoms with Crippen molar-refractivity contribution in [3.8, 4) is 5.75 Å². The smallest absolute Gasteiger partial charge is 0.359 e. The maximum atomic E-state index is 12.0. The van der Waals surface area contributed by atoms with Crippen molar-refractivity contribution in [2.45, 2.75) is 46.0 Å². The number of nitrogen functional groups attached to an aromatic ring is 1. The number of anilines is 1. The summed E-state index contributed by atoms with van der Waals surface area (Å²) in [6.45, 7) is 6.72. The van der Waals surface area contributed by atoms with Crippen molar-refractivity contribution in [1.82, 2.24) is 0 Å². The number of rotatable bonds is 6. The highest BCUT2D eigenvalue weighted by Crippen LogP contribution is 2.22. The lowest BCUT2D eigenvalue weighted by Crippen LogP contribution is -2.40. The molecule has 0 saturated heterocycles. The Morgan fingerprint density at radius 2 is 1.43 bits per heavy atom. The predicted octanol–water partition coefficient (Wildman–Crippen LogP) is 1.92. The minimum Gasteiger partial charge on any atom is -0.465 e. The van der Waals surface area contributed by atoms with Crippen LogP contribution in [0.25, 0.3) is 0 Å². The van der Waals surface area contributed by atoms with E-state index in [2.05, 4.69) is 0 Å². The molecule has 2 N–H and O–H groups in total. The molecule has 0 fully saturated rings. The van der Waals surface area contributed by atoms with Crippen LogP contribution in [0.1, 0.15) is 27.7 Å². The zero-order valence-electron chi connectivity index (χ0n) is 12.7.